The lowest BCUT2D eigenvalue weighted by Crippen LogP contribution is -2.28. The summed E-state index contributed by atoms with van der Waals surface area (Å²) in [5.41, 5.74) is 8.86. The minimum absolute atomic E-state index is 0.343. The summed E-state index contributed by atoms with van der Waals surface area (Å²) in [6.45, 7) is 6.58. The Morgan fingerprint density at radius 1 is 1.33 bits per heavy atom. The summed E-state index contributed by atoms with van der Waals surface area (Å²) in [6.07, 6.45) is 3.38. The Kier molecular flexibility index (Phi) is 4.83. The Hall–Kier alpha value is -0.820. The van der Waals surface area contributed by atoms with E-state index in [0.29, 0.717) is 12.0 Å². The van der Waals surface area contributed by atoms with Crippen molar-refractivity contribution in [2.24, 2.45) is 11.7 Å². The summed E-state index contributed by atoms with van der Waals surface area (Å²) in [5.74, 6) is 0.634. The number of hydrogen-bond donors (Lipinski definition) is 1. The van der Waals surface area contributed by atoms with Gasteiger partial charge in [-0.25, -0.2) is 0 Å². The standard InChI is InChI=1S/C14H23N/c1-4-12(3)14(15)9-8-13-7-5-6-11(2)10-13/h5-7,10,12,14H,4,8-9,15H2,1-3H3. The summed E-state index contributed by atoms with van der Waals surface area (Å²) >= 11 is 0. The van der Waals surface area contributed by atoms with Crippen molar-refractivity contribution in [3.8, 4) is 0 Å². The largest absolute Gasteiger partial charge is 0.327 e. The molecule has 84 valence electrons. The molecular formula is C14H23N. The topological polar surface area (TPSA) is 26.0 Å². The zero-order valence-electron chi connectivity index (χ0n) is 10.2. The Labute approximate surface area is 93.7 Å². The molecular weight excluding hydrogens is 182 g/mol. The summed E-state index contributed by atoms with van der Waals surface area (Å²) in [5, 5.41) is 0. The van der Waals surface area contributed by atoms with Crippen LogP contribution in [0.1, 0.15) is 37.8 Å². The van der Waals surface area contributed by atoms with Gasteiger partial charge in [0.1, 0.15) is 0 Å². The highest BCUT2D eigenvalue weighted by Crippen LogP contribution is 2.13. The highest BCUT2D eigenvalue weighted by Gasteiger charge is 2.10. The lowest BCUT2D eigenvalue weighted by molar-refractivity contribution is 0.420. The summed E-state index contributed by atoms with van der Waals surface area (Å²) < 4.78 is 0. The molecule has 0 fully saturated rings. The highest BCUT2D eigenvalue weighted by molar-refractivity contribution is 5.22. The summed E-state index contributed by atoms with van der Waals surface area (Å²) in [6, 6.07) is 9.05. The molecule has 1 aromatic rings. The molecule has 0 radical (unpaired) electrons. The molecule has 0 aromatic heterocycles. The van der Waals surface area contributed by atoms with E-state index < -0.39 is 0 Å². The van der Waals surface area contributed by atoms with Crippen molar-refractivity contribution in [3.05, 3.63) is 35.4 Å². The van der Waals surface area contributed by atoms with E-state index >= 15 is 0 Å². The smallest absolute Gasteiger partial charge is 0.00675 e. The van der Waals surface area contributed by atoms with Gasteiger partial charge in [0.15, 0.2) is 0 Å². The third kappa shape index (κ3) is 4.05. The van der Waals surface area contributed by atoms with E-state index in [1.54, 1.807) is 0 Å². The average Bonchev–Trinajstić information content (AvgIpc) is 2.25. The molecule has 1 nitrogen and oxygen atoms in total. The molecule has 2 atom stereocenters. The van der Waals surface area contributed by atoms with Crippen LogP contribution >= 0.6 is 0 Å². The number of aryl methyl sites for hydroxylation is 2. The van der Waals surface area contributed by atoms with Crippen LogP contribution < -0.4 is 5.73 Å². The fourth-order valence-electron chi connectivity index (χ4n) is 1.79. The third-order valence-electron chi connectivity index (χ3n) is 3.22. The van der Waals surface area contributed by atoms with Crippen LogP contribution in [-0.4, -0.2) is 6.04 Å². The predicted molar refractivity (Wildman–Crippen MR) is 66.9 cm³/mol. The van der Waals surface area contributed by atoms with Gasteiger partial charge in [0.2, 0.25) is 0 Å². The van der Waals surface area contributed by atoms with Gasteiger partial charge in [-0.05, 0) is 31.2 Å². The van der Waals surface area contributed by atoms with E-state index in [-0.39, 0.29) is 0 Å². The molecule has 2 N–H and O–H groups in total. The molecule has 2 unspecified atom stereocenters. The van der Waals surface area contributed by atoms with Crippen molar-refractivity contribution < 1.29 is 0 Å². The molecule has 0 aliphatic heterocycles. The van der Waals surface area contributed by atoms with Crippen LogP contribution in [0.4, 0.5) is 0 Å². The van der Waals surface area contributed by atoms with Crippen molar-refractivity contribution in [3.63, 3.8) is 0 Å². The maximum absolute atomic E-state index is 6.11. The second-order valence-electron chi connectivity index (χ2n) is 4.58. The summed E-state index contributed by atoms with van der Waals surface area (Å²) in [7, 11) is 0. The second-order valence-corrected chi connectivity index (χ2v) is 4.58. The van der Waals surface area contributed by atoms with Crippen LogP contribution in [0.3, 0.4) is 0 Å². The predicted octanol–water partition coefficient (Wildman–Crippen LogP) is 3.30. The van der Waals surface area contributed by atoms with Crippen LogP contribution in [0.5, 0.6) is 0 Å². The monoisotopic (exact) mass is 205 g/mol. The molecule has 0 saturated carbocycles. The molecule has 0 saturated heterocycles. The fraction of sp³-hybridized carbons (Fsp3) is 0.571. The SMILES string of the molecule is CCC(C)C(N)CCc1cccc(C)c1. The Morgan fingerprint density at radius 3 is 2.67 bits per heavy atom. The van der Waals surface area contributed by atoms with E-state index in [2.05, 4.69) is 45.0 Å². The fourth-order valence-corrected chi connectivity index (χ4v) is 1.79. The van der Waals surface area contributed by atoms with Gasteiger partial charge in [-0.3, -0.25) is 0 Å². The minimum atomic E-state index is 0.343. The number of nitrogens with two attached hydrogens (primary N) is 1. The van der Waals surface area contributed by atoms with Crippen LogP contribution in [0.2, 0.25) is 0 Å². The zero-order valence-corrected chi connectivity index (χ0v) is 10.2. The van der Waals surface area contributed by atoms with Crippen LogP contribution in [-0.2, 0) is 6.42 Å². The van der Waals surface area contributed by atoms with Gasteiger partial charge in [-0.2, -0.15) is 0 Å². The molecule has 0 heterocycles. The Morgan fingerprint density at radius 2 is 2.07 bits per heavy atom. The van der Waals surface area contributed by atoms with Crippen molar-refractivity contribution in [2.45, 2.75) is 46.1 Å². The van der Waals surface area contributed by atoms with E-state index in [9.17, 15) is 0 Å². The zero-order chi connectivity index (χ0) is 11.3. The van der Waals surface area contributed by atoms with E-state index in [1.165, 1.54) is 17.5 Å². The molecule has 1 heteroatoms. The molecule has 1 rings (SSSR count). The van der Waals surface area contributed by atoms with Crippen LogP contribution in [0, 0.1) is 12.8 Å². The quantitative estimate of drug-likeness (QED) is 0.784. The first-order valence-corrected chi connectivity index (χ1v) is 5.94. The lowest BCUT2D eigenvalue weighted by Gasteiger charge is -2.18. The van der Waals surface area contributed by atoms with Gasteiger partial charge in [0.25, 0.3) is 0 Å². The first kappa shape index (κ1) is 12.3. The minimum Gasteiger partial charge on any atom is -0.327 e. The van der Waals surface area contributed by atoms with Crippen LogP contribution in [0.25, 0.3) is 0 Å². The first-order chi connectivity index (χ1) is 7.13. The van der Waals surface area contributed by atoms with Gasteiger partial charge in [0.05, 0.1) is 0 Å². The third-order valence-corrected chi connectivity index (χ3v) is 3.22. The van der Waals surface area contributed by atoms with Gasteiger partial charge >= 0.3 is 0 Å². The van der Waals surface area contributed by atoms with E-state index in [1.807, 2.05) is 0 Å². The van der Waals surface area contributed by atoms with Crippen molar-refractivity contribution in [1.82, 2.24) is 0 Å². The molecule has 0 amide bonds. The molecule has 0 spiro atoms. The van der Waals surface area contributed by atoms with Crippen LogP contribution in [0.15, 0.2) is 24.3 Å². The van der Waals surface area contributed by atoms with Gasteiger partial charge in [-0.1, -0.05) is 50.1 Å². The number of benzene rings is 1. The average molecular weight is 205 g/mol. The van der Waals surface area contributed by atoms with Crippen molar-refractivity contribution in [2.75, 3.05) is 0 Å². The molecule has 0 aliphatic carbocycles. The van der Waals surface area contributed by atoms with E-state index in [0.717, 1.165) is 12.8 Å². The molecule has 15 heavy (non-hydrogen) atoms. The normalized spacial score (nSPS) is 14.9. The number of rotatable bonds is 5. The van der Waals surface area contributed by atoms with E-state index in [4.69, 9.17) is 5.73 Å². The molecule has 0 aliphatic rings. The Bertz CT molecular complexity index is 293. The maximum Gasteiger partial charge on any atom is 0.00675 e. The van der Waals surface area contributed by atoms with Gasteiger partial charge in [0, 0.05) is 6.04 Å². The van der Waals surface area contributed by atoms with Gasteiger partial charge in [-0.15, -0.1) is 0 Å². The first-order valence-electron chi connectivity index (χ1n) is 5.94. The van der Waals surface area contributed by atoms with Gasteiger partial charge < -0.3 is 5.73 Å². The number of hydrogen-bond acceptors (Lipinski definition) is 1. The lowest BCUT2D eigenvalue weighted by atomic mass is 9.94. The molecule has 1 aromatic carbocycles. The van der Waals surface area contributed by atoms with Crippen molar-refractivity contribution in [1.29, 1.82) is 0 Å². The van der Waals surface area contributed by atoms with Crippen molar-refractivity contribution >= 4 is 0 Å². The Balaban J connectivity index is 2.43. The summed E-state index contributed by atoms with van der Waals surface area (Å²) in [4.78, 5) is 0. The highest BCUT2D eigenvalue weighted by atomic mass is 14.6. The maximum atomic E-state index is 6.11. The second kappa shape index (κ2) is 5.92. The molecule has 0 bridgehead atoms.